The fourth-order valence-electron chi connectivity index (χ4n) is 2.06. The summed E-state index contributed by atoms with van der Waals surface area (Å²) in [4.78, 5) is 14.7. The summed E-state index contributed by atoms with van der Waals surface area (Å²) in [6.45, 7) is 4.27. The molecule has 1 saturated heterocycles. The van der Waals surface area contributed by atoms with Gasteiger partial charge >= 0.3 is 0 Å². The Labute approximate surface area is 104 Å². The molecule has 1 fully saturated rings. The molecule has 0 amide bonds. The molecular weight excluding hydrogens is 218 g/mol. The highest BCUT2D eigenvalue weighted by Gasteiger charge is 2.14. The molecule has 1 rings (SSSR count). The number of ketones is 1. The van der Waals surface area contributed by atoms with Gasteiger partial charge in [0.05, 0.1) is 11.4 Å². The van der Waals surface area contributed by atoms with E-state index in [9.17, 15) is 4.79 Å². The third-order valence-electron chi connectivity index (χ3n) is 3.12. The van der Waals surface area contributed by atoms with Gasteiger partial charge in [-0.1, -0.05) is 38.4 Å². The minimum atomic E-state index is 0.327. The van der Waals surface area contributed by atoms with Gasteiger partial charge in [-0.3, -0.25) is 4.79 Å². The zero-order valence-corrected chi connectivity index (χ0v) is 11.2. The minimum Gasteiger partial charge on any atom is -0.366 e. The van der Waals surface area contributed by atoms with Crippen molar-refractivity contribution < 1.29 is 4.79 Å². The quantitative estimate of drug-likeness (QED) is 0.707. The standard InChI is InChI=1S/C13H23NOS/c1-2-3-9-14-10-7-5-4-6-8-12(15)11-13(14)16/h2-11H2,1H3. The lowest BCUT2D eigenvalue weighted by molar-refractivity contribution is -0.118. The lowest BCUT2D eigenvalue weighted by Gasteiger charge is -2.25. The zero-order chi connectivity index (χ0) is 11.8. The Bertz CT molecular complexity index is 240. The molecule has 0 aromatic heterocycles. The minimum absolute atomic E-state index is 0.327. The molecule has 1 heterocycles. The topological polar surface area (TPSA) is 20.3 Å². The fraction of sp³-hybridized carbons (Fsp3) is 0.846. The molecule has 0 N–H and O–H groups in total. The summed E-state index contributed by atoms with van der Waals surface area (Å²) in [5, 5.41) is 0. The average Bonchev–Trinajstić information content (AvgIpc) is 2.26. The third kappa shape index (κ3) is 5.06. The summed E-state index contributed by atoms with van der Waals surface area (Å²) in [6.07, 6.45) is 8.29. The van der Waals surface area contributed by atoms with Crippen molar-refractivity contribution in [3.63, 3.8) is 0 Å². The number of nitrogens with zero attached hydrogens (tertiary/aromatic N) is 1. The molecule has 92 valence electrons. The van der Waals surface area contributed by atoms with Crippen molar-refractivity contribution in [1.82, 2.24) is 4.90 Å². The number of rotatable bonds is 3. The molecule has 0 atom stereocenters. The SMILES string of the molecule is CCCCN1CCCCCCC(=O)CC1=S. The van der Waals surface area contributed by atoms with Crippen LogP contribution in [0.4, 0.5) is 0 Å². The van der Waals surface area contributed by atoms with Gasteiger partial charge < -0.3 is 4.90 Å². The first-order chi connectivity index (χ1) is 7.74. The van der Waals surface area contributed by atoms with Crippen LogP contribution in [-0.2, 0) is 4.79 Å². The number of unbranched alkanes of at least 4 members (excludes halogenated alkanes) is 1. The Morgan fingerprint density at radius 2 is 2.00 bits per heavy atom. The van der Waals surface area contributed by atoms with Crippen LogP contribution in [0.2, 0.25) is 0 Å². The Balaban J connectivity index is 2.49. The molecule has 1 aliphatic heterocycles. The van der Waals surface area contributed by atoms with E-state index in [1.54, 1.807) is 0 Å². The molecule has 0 aromatic carbocycles. The van der Waals surface area contributed by atoms with E-state index in [1.807, 2.05) is 0 Å². The van der Waals surface area contributed by atoms with E-state index in [2.05, 4.69) is 11.8 Å². The predicted octanol–water partition coefficient (Wildman–Crippen LogP) is 3.34. The highest BCUT2D eigenvalue weighted by molar-refractivity contribution is 7.80. The van der Waals surface area contributed by atoms with Crippen molar-refractivity contribution >= 4 is 23.0 Å². The van der Waals surface area contributed by atoms with Gasteiger partial charge in [-0.05, 0) is 19.3 Å². The molecule has 0 radical (unpaired) electrons. The first kappa shape index (κ1) is 13.6. The number of hydrogen-bond donors (Lipinski definition) is 0. The number of Topliss-reactive ketones (excluding diaryl/α,β-unsaturated/α-hetero) is 1. The Morgan fingerprint density at radius 3 is 2.75 bits per heavy atom. The number of carbonyl (C=O) groups excluding carboxylic acids is 1. The van der Waals surface area contributed by atoms with Gasteiger partial charge in [-0.25, -0.2) is 0 Å². The highest BCUT2D eigenvalue weighted by Crippen LogP contribution is 2.12. The molecule has 0 spiro atoms. The molecule has 0 aliphatic carbocycles. The smallest absolute Gasteiger partial charge is 0.139 e. The maximum atomic E-state index is 11.6. The van der Waals surface area contributed by atoms with Crippen LogP contribution in [0.5, 0.6) is 0 Å². The average molecular weight is 241 g/mol. The number of thiocarbonyl (C=S) groups is 1. The van der Waals surface area contributed by atoms with E-state index in [1.165, 1.54) is 32.1 Å². The molecule has 0 saturated carbocycles. The van der Waals surface area contributed by atoms with Gasteiger partial charge in [0.1, 0.15) is 5.78 Å². The normalized spacial score (nSPS) is 19.9. The summed E-state index contributed by atoms with van der Waals surface area (Å²) in [5.41, 5.74) is 0. The molecule has 2 nitrogen and oxygen atoms in total. The van der Waals surface area contributed by atoms with Crippen LogP contribution in [0.1, 0.15) is 58.3 Å². The van der Waals surface area contributed by atoms with Crippen molar-refractivity contribution in [3.05, 3.63) is 0 Å². The third-order valence-corrected chi connectivity index (χ3v) is 3.52. The maximum absolute atomic E-state index is 11.6. The van der Waals surface area contributed by atoms with Gasteiger partial charge in [0.25, 0.3) is 0 Å². The van der Waals surface area contributed by atoms with E-state index >= 15 is 0 Å². The second-order valence-electron chi connectivity index (χ2n) is 4.61. The van der Waals surface area contributed by atoms with Crippen LogP contribution in [-0.4, -0.2) is 28.8 Å². The lowest BCUT2D eigenvalue weighted by Crippen LogP contribution is -2.33. The summed E-state index contributed by atoms with van der Waals surface area (Å²) in [6, 6.07) is 0. The van der Waals surface area contributed by atoms with Gasteiger partial charge in [-0.15, -0.1) is 0 Å². The van der Waals surface area contributed by atoms with Crippen molar-refractivity contribution in [2.45, 2.75) is 58.3 Å². The fourth-order valence-corrected chi connectivity index (χ4v) is 2.40. The van der Waals surface area contributed by atoms with Crippen LogP contribution in [0, 0.1) is 0 Å². The van der Waals surface area contributed by atoms with Crippen molar-refractivity contribution in [2.75, 3.05) is 13.1 Å². The zero-order valence-electron chi connectivity index (χ0n) is 10.3. The molecule has 0 unspecified atom stereocenters. The van der Waals surface area contributed by atoms with E-state index < -0.39 is 0 Å². The number of carbonyl (C=O) groups is 1. The molecule has 3 heteroatoms. The van der Waals surface area contributed by atoms with E-state index in [0.717, 1.165) is 30.9 Å². The van der Waals surface area contributed by atoms with E-state index in [0.29, 0.717) is 12.2 Å². The molecular formula is C13H23NOS. The van der Waals surface area contributed by atoms with Crippen molar-refractivity contribution in [3.8, 4) is 0 Å². The Hall–Kier alpha value is -0.440. The van der Waals surface area contributed by atoms with E-state index in [4.69, 9.17) is 12.2 Å². The maximum Gasteiger partial charge on any atom is 0.139 e. The molecule has 0 bridgehead atoms. The summed E-state index contributed by atoms with van der Waals surface area (Å²) < 4.78 is 0. The first-order valence-corrected chi connectivity index (χ1v) is 6.94. The van der Waals surface area contributed by atoms with Crippen LogP contribution in [0.15, 0.2) is 0 Å². The van der Waals surface area contributed by atoms with Gasteiger partial charge in [0.2, 0.25) is 0 Å². The Morgan fingerprint density at radius 1 is 1.25 bits per heavy atom. The summed E-state index contributed by atoms with van der Waals surface area (Å²) in [5.74, 6) is 0.327. The van der Waals surface area contributed by atoms with Crippen LogP contribution in [0.3, 0.4) is 0 Å². The second-order valence-corrected chi connectivity index (χ2v) is 5.09. The van der Waals surface area contributed by atoms with Gasteiger partial charge in [0, 0.05) is 19.5 Å². The van der Waals surface area contributed by atoms with Crippen molar-refractivity contribution in [1.29, 1.82) is 0 Å². The lowest BCUT2D eigenvalue weighted by atomic mass is 10.1. The largest absolute Gasteiger partial charge is 0.366 e. The van der Waals surface area contributed by atoms with Crippen LogP contribution < -0.4 is 0 Å². The summed E-state index contributed by atoms with van der Waals surface area (Å²) in [7, 11) is 0. The monoisotopic (exact) mass is 241 g/mol. The van der Waals surface area contributed by atoms with Crippen molar-refractivity contribution in [2.24, 2.45) is 0 Å². The number of hydrogen-bond acceptors (Lipinski definition) is 2. The predicted molar refractivity (Wildman–Crippen MR) is 71.8 cm³/mol. The summed E-state index contributed by atoms with van der Waals surface area (Å²) >= 11 is 5.37. The van der Waals surface area contributed by atoms with Crippen LogP contribution >= 0.6 is 12.2 Å². The second kappa shape index (κ2) is 7.77. The highest BCUT2D eigenvalue weighted by atomic mass is 32.1. The Kier molecular flexibility index (Phi) is 6.62. The molecule has 0 aromatic rings. The molecule has 1 aliphatic rings. The van der Waals surface area contributed by atoms with Gasteiger partial charge in [0.15, 0.2) is 0 Å². The first-order valence-electron chi connectivity index (χ1n) is 6.53. The van der Waals surface area contributed by atoms with Crippen LogP contribution in [0.25, 0.3) is 0 Å². The van der Waals surface area contributed by atoms with E-state index in [-0.39, 0.29) is 0 Å². The van der Waals surface area contributed by atoms with Gasteiger partial charge in [-0.2, -0.15) is 0 Å². The molecule has 16 heavy (non-hydrogen) atoms.